The number of rotatable bonds is 5. The number of amides is 2. The van der Waals surface area contributed by atoms with Gasteiger partial charge in [-0.05, 0) is 49.6 Å². The molecular weight excluding hydrogens is 336 g/mol. The number of carboxylic acid groups (broad SMARTS) is 1. The molecule has 0 aromatic heterocycles. The normalized spacial score (nSPS) is 20.8. The van der Waals surface area contributed by atoms with E-state index in [0.29, 0.717) is 36.4 Å². The molecule has 1 fully saturated rings. The summed E-state index contributed by atoms with van der Waals surface area (Å²) >= 11 is 7.64. The molecule has 126 valence electrons. The summed E-state index contributed by atoms with van der Waals surface area (Å²) < 4.78 is 0. The summed E-state index contributed by atoms with van der Waals surface area (Å²) in [6.45, 7) is 2.05. The number of carbonyl (C=O) groups is 2. The Balaban J connectivity index is 1.90. The zero-order valence-electron chi connectivity index (χ0n) is 13.0. The van der Waals surface area contributed by atoms with E-state index in [1.54, 1.807) is 23.9 Å². The fourth-order valence-electron chi connectivity index (χ4n) is 2.71. The van der Waals surface area contributed by atoms with Crippen LogP contribution in [-0.2, 0) is 4.79 Å². The predicted octanol–water partition coefficient (Wildman–Crippen LogP) is 4.22. The molecule has 0 radical (unpaired) electrons. The Morgan fingerprint density at radius 3 is 2.61 bits per heavy atom. The quantitative estimate of drug-likeness (QED) is 0.690. The van der Waals surface area contributed by atoms with E-state index in [4.69, 9.17) is 16.7 Å². The molecule has 3 N–H and O–H groups in total. The molecule has 0 bridgehead atoms. The van der Waals surface area contributed by atoms with Crippen LogP contribution in [0.5, 0.6) is 0 Å². The highest BCUT2D eigenvalue weighted by atomic mass is 35.5. The molecule has 0 heterocycles. The van der Waals surface area contributed by atoms with Gasteiger partial charge in [-0.3, -0.25) is 4.79 Å². The molecule has 0 saturated heterocycles. The highest BCUT2D eigenvalue weighted by molar-refractivity contribution is 7.99. The lowest BCUT2D eigenvalue weighted by atomic mass is 9.86. The van der Waals surface area contributed by atoms with Gasteiger partial charge in [0, 0.05) is 16.0 Å². The Morgan fingerprint density at radius 2 is 2.00 bits per heavy atom. The second-order valence-electron chi connectivity index (χ2n) is 5.56. The number of aliphatic carboxylic acids is 1. The van der Waals surface area contributed by atoms with Gasteiger partial charge in [0.05, 0.1) is 11.6 Å². The molecule has 23 heavy (non-hydrogen) atoms. The molecule has 0 aliphatic heterocycles. The van der Waals surface area contributed by atoms with Crippen LogP contribution in [0.2, 0.25) is 5.02 Å². The number of hydrogen-bond acceptors (Lipinski definition) is 3. The number of halogens is 1. The van der Waals surface area contributed by atoms with Crippen molar-refractivity contribution >= 4 is 41.1 Å². The van der Waals surface area contributed by atoms with Gasteiger partial charge in [-0.2, -0.15) is 0 Å². The Bertz CT molecular complexity index is 574. The fourth-order valence-corrected chi connectivity index (χ4v) is 3.62. The molecule has 2 amide bonds. The molecule has 1 aromatic rings. The first-order chi connectivity index (χ1) is 11.0. The van der Waals surface area contributed by atoms with Crippen molar-refractivity contribution in [1.29, 1.82) is 0 Å². The average Bonchev–Trinajstić information content (AvgIpc) is 2.50. The SMILES string of the molecule is CCSc1ccc(Cl)cc1NC(=O)NC1CCC(C(=O)O)CC1. The van der Waals surface area contributed by atoms with E-state index in [9.17, 15) is 9.59 Å². The Morgan fingerprint density at radius 1 is 1.30 bits per heavy atom. The van der Waals surface area contributed by atoms with Gasteiger partial charge in [0.2, 0.25) is 0 Å². The van der Waals surface area contributed by atoms with Crippen molar-refractivity contribution in [3.05, 3.63) is 23.2 Å². The molecule has 2 rings (SSSR count). The van der Waals surface area contributed by atoms with Crippen molar-refractivity contribution in [2.24, 2.45) is 5.92 Å². The third kappa shape index (κ3) is 5.32. The summed E-state index contributed by atoms with van der Waals surface area (Å²) in [5, 5.41) is 15.3. The van der Waals surface area contributed by atoms with Crippen LogP contribution >= 0.6 is 23.4 Å². The van der Waals surface area contributed by atoms with Crippen molar-refractivity contribution < 1.29 is 14.7 Å². The highest BCUT2D eigenvalue weighted by Crippen LogP contribution is 2.30. The van der Waals surface area contributed by atoms with Crippen LogP contribution in [-0.4, -0.2) is 28.9 Å². The summed E-state index contributed by atoms with van der Waals surface area (Å²) in [6.07, 6.45) is 2.59. The molecule has 1 saturated carbocycles. The zero-order chi connectivity index (χ0) is 16.8. The minimum absolute atomic E-state index is 0.0204. The Kier molecular flexibility index (Phi) is 6.59. The smallest absolute Gasteiger partial charge is 0.319 e. The third-order valence-corrected chi connectivity index (χ3v) is 5.09. The molecule has 1 aliphatic carbocycles. The second kappa shape index (κ2) is 8.45. The van der Waals surface area contributed by atoms with E-state index in [1.807, 2.05) is 13.0 Å². The van der Waals surface area contributed by atoms with Crippen LogP contribution < -0.4 is 10.6 Å². The van der Waals surface area contributed by atoms with Crippen LogP contribution in [0.4, 0.5) is 10.5 Å². The number of carbonyl (C=O) groups excluding carboxylic acids is 1. The van der Waals surface area contributed by atoms with E-state index >= 15 is 0 Å². The standard InChI is InChI=1S/C16H21ClN2O3S/c1-2-23-14-8-5-11(17)9-13(14)19-16(22)18-12-6-3-10(4-7-12)15(20)21/h5,8-10,12H,2-4,6-7H2,1H3,(H,20,21)(H2,18,19,22). The lowest BCUT2D eigenvalue weighted by Crippen LogP contribution is -2.41. The van der Waals surface area contributed by atoms with Gasteiger partial charge >= 0.3 is 12.0 Å². The van der Waals surface area contributed by atoms with Crippen molar-refractivity contribution in [1.82, 2.24) is 5.32 Å². The van der Waals surface area contributed by atoms with Crippen LogP contribution in [0.3, 0.4) is 0 Å². The molecule has 7 heteroatoms. The summed E-state index contributed by atoms with van der Waals surface area (Å²) in [5.41, 5.74) is 0.695. The number of carboxylic acids is 1. The predicted molar refractivity (Wildman–Crippen MR) is 93.4 cm³/mol. The molecule has 1 aliphatic rings. The second-order valence-corrected chi connectivity index (χ2v) is 7.30. The number of urea groups is 1. The number of anilines is 1. The molecule has 5 nitrogen and oxygen atoms in total. The van der Waals surface area contributed by atoms with E-state index < -0.39 is 5.97 Å². The summed E-state index contributed by atoms with van der Waals surface area (Å²) in [5.74, 6) is -0.124. The largest absolute Gasteiger partial charge is 0.481 e. The zero-order valence-corrected chi connectivity index (χ0v) is 14.5. The maximum Gasteiger partial charge on any atom is 0.319 e. The van der Waals surface area contributed by atoms with Crippen LogP contribution in [0.25, 0.3) is 0 Å². The first-order valence-electron chi connectivity index (χ1n) is 7.72. The van der Waals surface area contributed by atoms with Crippen LogP contribution in [0, 0.1) is 5.92 Å². The Labute approximate surface area is 145 Å². The van der Waals surface area contributed by atoms with Crippen molar-refractivity contribution in [2.75, 3.05) is 11.1 Å². The minimum Gasteiger partial charge on any atom is -0.481 e. The van der Waals surface area contributed by atoms with Gasteiger partial charge in [-0.25, -0.2) is 4.79 Å². The number of hydrogen-bond donors (Lipinski definition) is 3. The maximum atomic E-state index is 12.2. The van der Waals surface area contributed by atoms with Crippen LogP contribution in [0.15, 0.2) is 23.1 Å². The monoisotopic (exact) mass is 356 g/mol. The Hall–Kier alpha value is -1.40. The lowest BCUT2D eigenvalue weighted by molar-refractivity contribution is -0.142. The van der Waals surface area contributed by atoms with Gasteiger partial charge in [-0.15, -0.1) is 11.8 Å². The topological polar surface area (TPSA) is 78.4 Å². The third-order valence-electron chi connectivity index (χ3n) is 3.90. The summed E-state index contributed by atoms with van der Waals surface area (Å²) in [4.78, 5) is 24.1. The van der Waals surface area contributed by atoms with E-state index in [2.05, 4.69) is 10.6 Å². The first kappa shape index (κ1) is 17.9. The van der Waals surface area contributed by atoms with Gasteiger partial charge in [0.15, 0.2) is 0 Å². The molecule has 0 spiro atoms. The molecule has 0 unspecified atom stereocenters. The van der Waals surface area contributed by atoms with E-state index in [-0.39, 0.29) is 18.0 Å². The van der Waals surface area contributed by atoms with Crippen LogP contribution in [0.1, 0.15) is 32.6 Å². The highest BCUT2D eigenvalue weighted by Gasteiger charge is 2.26. The molecular formula is C16H21ClN2O3S. The molecule has 1 aromatic carbocycles. The van der Waals surface area contributed by atoms with Crippen molar-refractivity contribution in [3.8, 4) is 0 Å². The number of thioether (sulfide) groups is 1. The van der Waals surface area contributed by atoms with E-state index in [0.717, 1.165) is 10.6 Å². The minimum atomic E-state index is -0.743. The first-order valence-corrected chi connectivity index (χ1v) is 9.08. The van der Waals surface area contributed by atoms with E-state index in [1.165, 1.54) is 0 Å². The molecule has 0 atom stereocenters. The van der Waals surface area contributed by atoms with Gasteiger partial charge in [0.25, 0.3) is 0 Å². The van der Waals surface area contributed by atoms with Gasteiger partial charge in [0.1, 0.15) is 0 Å². The van der Waals surface area contributed by atoms with Crippen molar-refractivity contribution in [2.45, 2.75) is 43.5 Å². The number of benzene rings is 1. The maximum absolute atomic E-state index is 12.2. The summed E-state index contributed by atoms with van der Waals surface area (Å²) in [7, 11) is 0. The summed E-state index contributed by atoms with van der Waals surface area (Å²) in [6, 6.07) is 5.18. The average molecular weight is 357 g/mol. The fraction of sp³-hybridized carbons (Fsp3) is 0.500. The lowest BCUT2D eigenvalue weighted by Gasteiger charge is -2.27. The number of nitrogens with one attached hydrogen (secondary N) is 2. The van der Waals surface area contributed by atoms with Gasteiger partial charge < -0.3 is 15.7 Å². The van der Waals surface area contributed by atoms with Gasteiger partial charge in [-0.1, -0.05) is 18.5 Å². The van der Waals surface area contributed by atoms with Crippen molar-refractivity contribution in [3.63, 3.8) is 0 Å².